The average molecular weight is 264 g/mol. The molecule has 2 heterocycles. The molecule has 2 amide bonds. The van der Waals surface area contributed by atoms with Crippen molar-refractivity contribution in [2.45, 2.75) is 25.8 Å². The van der Waals surface area contributed by atoms with Crippen molar-refractivity contribution in [3.63, 3.8) is 0 Å². The summed E-state index contributed by atoms with van der Waals surface area (Å²) in [6.07, 6.45) is 6.50. The molecule has 0 aromatic heterocycles. The van der Waals surface area contributed by atoms with Gasteiger partial charge in [0.15, 0.2) is 0 Å². The second-order valence-electron chi connectivity index (χ2n) is 4.88. The van der Waals surface area contributed by atoms with Crippen molar-refractivity contribution in [1.29, 1.82) is 0 Å². The first-order valence-electron chi connectivity index (χ1n) is 6.59. The molecule has 1 atom stereocenters. The number of likely N-dealkylation sites (tertiary alicyclic amines) is 1. The van der Waals surface area contributed by atoms with Gasteiger partial charge in [-0.25, -0.2) is 0 Å². The number of dihydropyridines is 1. The summed E-state index contributed by atoms with van der Waals surface area (Å²) in [6.45, 7) is 4.35. The Morgan fingerprint density at radius 2 is 2.26 bits per heavy atom. The van der Waals surface area contributed by atoms with Crippen molar-refractivity contribution in [2.24, 2.45) is 0 Å². The maximum atomic E-state index is 11.9. The normalized spacial score (nSPS) is 23.1. The van der Waals surface area contributed by atoms with Gasteiger partial charge in [-0.3, -0.25) is 14.5 Å². The van der Waals surface area contributed by atoms with Crippen LogP contribution in [0.4, 0.5) is 0 Å². The van der Waals surface area contributed by atoms with Gasteiger partial charge in [-0.05, 0) is 38.9 Å². The second-order valence-corrected chi connectivity index (χ2v) is 4.88. The Labute approximate surface area is 112 Å². The molecule has 2 rings (SSSR count). The van der Waals surface area contributed by atoms with Gasteiger partial charge in [0.1, 0.15) is 0 Å². The van der Waals surface area contributed by atoms with Crippen LogP contribution >= 0.6 is 0 Å². The van der Waals surface area contributed by atoms with E-state index in [0.29, 0.717) is 18.7 Å². The molecular formula is C13H20N4O2. The van der Waals surface area contributed by atoms with Crippen LogP contribution < -0.4 is 16.0 Å². The standard InChI is InChI=1S/C13H20N4O2/c1-10-12(15-9-18)6-11(7-14-10)16-13(19)8-17-4-2-3-5-17/h6-7,9-10,14H,2-5,8H2,1H3,(H,15,18)(H,16,19). The lowest BCUT2D eigenvalue weighted by Gasteiger charge is -2.22. The number of hydrogen-bond acceptors (Lipinski definition) is 4. The molecule has 0 aliphatic carbocycles. The molecule has 19 heavy (non-hydrogen) atoms. The van der Waals surface area contributed by atoms with E-state index in [-0.39, 0.29) is 11.9 Å². The highest BCUT2D eigenvalue weighted by Gasteiger charge is 2.17. The largest absolute Gasteiger partial charge is 0.381 e. The van der Waals surface area contributed by atoms with Crippen LogP contribution in [0, 0.1) is 0 Å². The van der Waals surface area contributed by atoms with E-state index in [1.54, 1.807) is 12.3 Å². The van der Waals surface area contributed by atoms with Gasteiger partial charge in [0.25, 0.3) is 0 Å². The van der Waals surface area contributed by atoms with Crippen LogP contribution in [-0.4, -0.2) is 42.9 Å². The minimum Gasteiger partial charge on any atom is -0.381 e. The van der Waals surface area contributed by atoms with E-state index in [1.165, 1.54) is 12.8 Å². The van der Waals surface area contributed by atoms with Crippen LogP contribution in [0.3, 0.4) is 0 Å². The summed E-state index contributed by atoms with van der Waals surface area (Å²) >= 11 is 0. The molecule has 0 radical (unpaired) electrons. The van der Waals surface area contributed by atoms with Crippen molar-refractivity contribution >= 4 is 12.3 Å². The summed E-state index contributed by atoms with van der Waals surface area (Å²) in [5.41, 5.74) is 1.42. The van der Waals surface area contributed by atoms with E-state index < -0.39 is 0 Å². The molecule has 0 saturated carbocycles. The number of rotatable bonds is 5. The molecule has 0 spiro atoms. The topological polar surface area (TPSA) is 73.5 Å². The average Bonchev–Trinajstić information content (AvgIpc) is 2.86. The van der Waals surface area contributed by atoms with Gasteiger partial charge in [-0.1, -0.05) is 0 Å². The van der Waals surface area contributed by atoms with E-state index in [0.717, 1.165) is 18.8 Å². The molecule has 104 valence electrons. The smallest absolute Gasteiger partial charge is 0.238 e. The number of nitrogens with zero attached hydrogens (tertiary/aromatic N) is 1. The molecule has 0 aromatic carbocycles. The van der Waals surface area contributed by atoms with Gasteiger partial charge < -0.3 is 16.0 Å². The molecular weight excluding hydrogens is 244 g/mol. The van der Waals surface area contributed by atoms with E-state index in [4.69, 9.17) is 0 Å². The summed E-state index contributed by atoms with van der Waals surface area (Å²) in [5, 5.41) is 8.55. The number of hydrogen-bond donors (Lipinski definition) is 3. The van der Waals surface area contributed by atoms with Crippen molar-refractivity contribution in [2.75, 3.05) is 19.6 Å². The molecule has 6 heteroatoms. The third-order valence-electron chi connectivity index (χ3n) is 3.34. The Morgan fingerprint density at radius 1 is 1.53 bits per heavy atom. The lowest BCUT2D eigenvalue weighted by molar-refractivity contribution is -0.121. The first-order chi connectivity index (χ1) is 9.19. The van der Waals surface area contributed by atoms with Gasteiger partial charge in [-0.15, -0.1) is 0 Å². The quantitative estimate of drug-likeness (QED) is 0.594. The highest BCUT2D eigenvalue weighted by Crippen LogP contribution is 2.09. The first kappa shape index (κ1) is 13.6. The molecule has 0 aromatic rings. The van der Waals surface area contributed by atoms with E-state index in [2.05, 4.69) is 20.9 Å². The maximum absolute atomic E-state index is 11.9. The molecule has 1 fully saturated rings. The molecule has 1 saturated heterocycles. The Bertz CT molecular complexity index is 411. The predicted octanol–water partition coefficient (Wildman–Crippen LogP) is -0.339. The summed E-state index contributed by atoms with van der Waals surface area (Å²) in [6, 6.07) is 0.0319. The third-order valence-corrected chi connectivity index (χ3v) is 3.34. The first-order valence-corrected chi connectivity index (χ1v) is 6.59. The van der Waals surface area contributed by atoms with E-state index in [9.17, 15) is 9.59 Å². The van der Waals surface area contributed by atoms with Crippen LogP contribution in [0.1, 0.15) is 19.8 Å². The van der Waals surface area contributed by atoms with E-state index >= 15 is 0 Å². The number of carbonyl (C=O) groups excluding carboxylic acids is 2. The number of carbonyl (C=O) groups is 2. The highest BCUT2D eigenvalue weighted by atomic mass is 16.2. The van der Waals surface area contributed by atoms with Gasteiger partial charge in [-0.2, -0.15) is 0 Å². The van der Waals surface area contributed by atoms with Crippen LogP contribution in [0.2, 0.25) is 0 Å². The van der Waals surface area contributed by atoms with Crippen molar-refractivity contribution in [3.05, 3.63) is 23.7 Å². The van der Waals surface area contributed by atoms with Crippen LogP contribution in [0.15, 0.2) is 23.7 Å². The second kappa shape index (κ2) is 6.38. The van der Waals surface area contributed by atoms with Crippen LogP contribution in [0.25, 0.3) is 0 Å². The highest BCUT2D eigenvalue weighted by molar-refractivity contribution is 5.80. The van der Waals surface area contributed by atoms with Crippen molar-refractivity contribution in [1.82, 2.24) is 20.9 Å². The number of nitrogens with one attached hydrogen (secondary N) is 3. The van der Waals surface area contributed by atoms with Gasteiger partial charge in [0.05, 0.1) is 18.3 Å². The Hall–Kier alpha value is -1.82. The maximum Gasteiger partial charge on any atom is 0.238 e. The summed E-state index contributed by atoms with van der Waals surface area (Å²) in [7, 11) is 0. The monoisotopic (exact) mass is 264 g/mol. The minimum atomic E-state index is -0.0220. The fourth-order valence-corrected chi connectivity index (χ4v) is 2.29. The molecule has 0 bridgehead atoms. The molecule has 1 unspecified atom stereocenters. The fourth-order valence-electron chi connectivity index (χ4n) is 2.29. The Morgan fingerprint density at radius 3 is 2.95 bits per heavy atom. The summed E-state index contributed by atoms with van der Waals surface area (Å²) < 4.78 is 0. The van der Waals surface area contributed by atoms with Crippen molar-refractivity contribution in [3.8, 4) is 0 Å². The Kier molecular flexibility index (Phi) is 4.57. The summed E-state index contributed by atoms with van der Waals surface area (Å²) in [5.74, 6) is -0.0220. The lowest BCUT2D eigenvalue weighted by Crippen LogP contribution is -2.39. The van der Waals surface area contributed by atoms with Crippen molar-refractivity contribution < 1.29 is 9.59 Å². The molecule has 6 nitrogen and oxygen atoms in total. The number of amides is 2. The molecule has 2 aliphatic heterocycles. The van der Waals surface area contributed by atoms with Crippen LogP contribution in [-0.2, 0) is 9.59 Å². The lowest BCUT2D eigenvalue weighted by atomic mass is 10.1. The fraction of sp³-hybridized carbons (Fsp3) is 0.538. The SMILES string of the molecule is CC1NC=C(NC(=O)CN2CCCC2)C=C1NC=O. The van der Waals surface area contributed by atoms with Gasteiger partial charge in [0.2, 0.25) is 12.3 Å². The molecule has 2 aliphatic rings. The third kappa shape index (κ3) is 3.82. The molecule has 3 N–H and O–H groups in total. The zero-order chi connectivity index (χ0) is 13.7. The number of allylic oxidation sites excluding steroid dienone is 1. The van der Waals surface area contributed by atoms with E-state index in [1.807, 2.05) is 6.92 Å². The zero-order valence-electron chi connectivity index (χ0n) is 11.1. The minimum absolute atomic E-state index is 0.0220. The van der Waals surface area contributed by atoms with Gasteiger partial charge >= 0.3 is 0 Å². The predicted molar refractivity (Wildman–Crippen MR) is 71.8 cm³/mol. The van der Waals surface area contributed by atoms with Gasteiger partial charge in [0, 0.05) is 11.9 Å². The Balaban J connectivity index is 1.87. The summed E-state index contributed by atoms with van der Waals surface area (Å²) in [4.78, 5) is 24.5. The zero-order valence-corrected chi connectivity index (χ0v) is 11.1. The van der Waals surface area contributed by atoms with Crippen LogP contribution in [0.5, 0.6) is 0 Å².